The van der Waals surface area contributed by atoms with Crippen LogP contribution in [0.3, 0.4) is 0 Å². The van der Waals surface area contributed by atoms with Crippen LogP contribution < -0.4 is 5.32 Å². The Morgan fingerprint density at radius 1 is 1.16 bits per heavy atom. The molecule has 1 aliphatic heterocycles. The van der Waals surface area contributed by atoms with Gasteiger partial charge in [-0.25, -0.2) is 0 Å². The summed E-state index contributed by atoms with van der Waals surface area (Å²) in [4.78, 5) is 7.14. The second-order valence-electron chi connectivity index (χ2n) is 5.71. The van der Waals surface area contributed by atoms with Crippen molar-refractivity contribution >= 4 is 10.9 Å². The van der Waals surface area contributed by atoms with Gasteiger partial charge >= 0.3 is 0 Å². The van der Waals surface area contributed by atoms with Gasteiger partial charge in [-0.3, -0.25) is 9.88 Å². The molecule has 0 aliphatic carbocycles. The van der Waals surface area contributed by atoms with E-state index in [0.717, 1.165) is 31.7 Å². The molecule has 1 aromatic carbocycles. The number of aromatic nitrogens is 1. The van der Waals surface area contributed by atoms with Gasteiger partial charge in [-0.2, -0.15) is 0 Å². The second kappa shape index (κ2) is 4.91. The van der Waals surface area contributed by atoms with E-state index in [2.05, 4.69) is 53.3 Å². The van der Waals surface area contributed by atoms with Crippen LogP contribution in [0.15, 0.2) is 36.5 Å². The first-order valence-corrected chi connectivity index (χ1v) is 6.99. The highest BCUT2D eigenvalue weighted by Crippen LogP contribution is 2.29. The fraction of sp³-hybridized carbons (Fsp3) is 0.438. The number of fused-ring (bicyclic) bond motifs is 1. The van der Waals surface area contributed by atoms with E-state index in [1.807, 2.05) is 12.3 Å². The lowest BCUT2D eigenvalue weighted by Gasteiger charge is -2.41. The Labute approximate surface area is 114 Å². The molecule has 19 heavy (non-hydrogen) atoms. The van der Waals surface area contributed by atoms with Gasteiger partial charge in [0.15, 0.2) is 0 Å². The zero-order chi connectivity index (χ0) is 13.3. The van der Waals surface area contributed by atoms with E-state index >= 15 is 0 Å². The van der Waals surface area contributed by atoms with Gasteiger partial charge in [-0.05, 0) is 31.5 Å². The number of benzene rings is 1. The van der Waals surface area contributed by atoms with E-state index in [9.17, 15) is 0 Å². The molecule has 1 aromatic heterocycles. The monoisotopic (exact) mass is 255 g/mol. The van der Waals surface area contributed by atoms with Crippen LogP contribution in [0.25, 0.3) is 10.9 Å². The van der Waals surface area contributed by atoms with Gasteiger partial charge in [-0.15, -0.1) is 0 Å². The molecule has 0 spiro atoms. The van der Waals surface area contributed by atoms with Crippen molar-refractivity contribution in [1.29, 1.82) is 0 Å². The quantitative estimate of drug-likeness (QED) is 0.893. The summed E-state index contributed by atoms with van der Waals surface area (Å²) in [6.07, 6.45) is 2.03. The summed E-state index contributed by atoms with van der Waals surface area (Å²) < 4.78 is 0. The Morgan fingerprint density at radius 3 is 2.68 bits per heavy atom. The van der Waals surface area contributed by atoms with Crippen molar-refractivity contribution in [3.8, 4) is 0 Å². The molecule has 2 aromatic rings. The Hall–Kier alpha value is -1.45. The van der Waals surface area contributed by atoms with Crippen LogP contribution in [0, 0.1) is 0 Å². The lowest BCUT2D eigenvalue weighted by molar-refractivity contribution is 0.102. The van der Waals surface area contributed by atoms with Gasteiger partial charge in [-0.1, -0.05) is 18.2 Å². The molecule has 2 heterocycles. The number of hydrogen-bond donors (Lipinski definition) is 1. The van der Waals surface area contributed by atoms with Crippen molar-refractivity contribution in [2.75, 3.05) is 26.2 Å². The number of hydrogen-bond acceptors (Lipinski definition) is 3. The number of rotatable bonds is 2. The average molecular weight is 255 g/mol. The van der Waals surface area contributed by atoms with Gasteiger partial charge < -0.3 is 5.32 Å². The van der Waals surface area contributed by atoms with Crippen molar-refractivity contribution in [1.82, 2.24) is 15.2 Å². The van der Waals surface area contributed by atoms with Crippen molar-refractivity contribution in [2.24, 2.45) is 0 Å². The summed E-state index contributed by atoms with van der Waals surface area (Å²) in [6.45, 7) is 8.93. The molecule has 0 unspecified atom stereocenters. The third-order valence-electron chi connectivity index (χ3n) is 4.20. The minimum Gasteiger partial charge on any atom is -0.314 e. The van der Waals surface area contributed by atoms with Crippen LogP contribution in [-0.2, 0) is 5.54 Å². The molecule has 1 N–H and O–H groups in total. The first-order valence-electron chi connectivity index (χ1n) is 6.99. The SMILES string of the molecule is CC(C)(c1cnc2ccccc2c1)N1CCNCC1. The third-order valence-corrected chi connectivity index (χ3v) is 4.20. The molecular formula is C16H21N3. The predicted octanol–water partition coefficient (Wildman–Crippen LogP) is 2.38. The van der Waals surface area contributed by atoms with Gasteiger partial charge in [0.1, 0.15) is 0 Å². The molecule has 3 rings (SSSR count). The van der Waals surface area contributed by atoms with E-state index in [1.54, 1.807) is 0 Å². The van der Waals surface area contributed by atoms with Crippen LogP contribution in [0.4, 0.5) is 0 Å². The zero-order valence-electron chi connectivity index (χ0n) is 11.7. The summed E-state index contributed by atoms with van der Waals surface area (Å²) in [7, 11) is 0. The van der Waals surface area contributed by atoms with Crippen LogP contribution in [0.1, 0.15) is 19.4 Å². The van der Waals surface area contributed by atoms with Gasteiger partial charge in [0.05, 0.1) is 5.52 Å². The Kier molecular flexibility index (Phi) is 3.25. The maximum absolute atomic E-state index is 4.60. The highest BCUT2D eigenvalue weighted by Gasteiger charge is 2.29. The van der Waals surface area contributed by atoms with Crippen LogP contribution >= 0.6 is 0 Å². The molecular weight excluding hydrogens is 234 g/mol. The minimum absolute atomic E-state index is 0.0408. The molecule has 1 saturated heterocycles. The first-order chi connectivity index (χ1) is 9.18. The smallest absolute Gasteiger partial charge is 0.0702 e. The number of piperazine rings is 1. The lowest BCUT2D eigenvalue weighted by atomic mass is 9.92. The molecule has 0 radical (unpaired) electrons. The second-order valence-corrected chi connectivity index (χ2v) is 5.71. The summed E-state index contributed by atoms with van der Waals surface area (Å²) in [6, 6.07) is 10.6. The van der Waals surface area contributed by atoms with Gasteiger partial charge in [0.2, 0.25) is 0 Å². The third kappa shape index (κ3) is 2.36. The van der Waals surface area contributed by atoms with Crippen molar-refractivity contribution in [3.63, 3.8) is 0 Å². The number of para-hydroxylation sites is 1. The fourth-order valence-electron chi connectivity index (χ4n) is 2.81. The summed E-state index contributed by atoms with van der Waals surface area (Å²) in [5, 5.41) is 4.64. The minimum atomic E-state index is 0.0408. The number of nitrogens with zero attached hydrogens (tertiary/aromatic N) is 2. The van der Waals surface area contributed by atoms with E-state index < -0.39 is 0 Å². The highest BCUT2D eigenvalue weighted by atomic mass is 15.2. The summed E-state index contributed by atoms with van der Waals surface area (Å²) in [5.74, 6) is 0. The van der Waals surface area contributed by atoms with Gasteiger partial charge in [0.25, 0.3) is 0 Å². The van der Waals surface area contributed by atoms with E-state index in [-0.39, 0.29) is 5.54 Å². The number of pyridine rings is 1. The Balaban J connectivity index is 1.97. The molecule has 0 atom stereocenters. The van der Waals surface area contributed by atoms with E-state index in [1.165, 1.54) is 10.9 Å². The van der Waals surface area contributed by atoms with Crippen molar-refractivity contribution < 1.29 is 0 Å². The molecule has 1 fully saturated rings. The molecule has 3 heteroatoms. The molecule has 100 valence electrons. The zero-order valence-corrected chi connectivity index (χ0v) is 11.7. The molecule has 3 nitrogen and oxygen atoms in total. The summed E-state index contributed by atoms with van der Waals surface area (Å²) in [5.41, 5.74) is 2.41. The van der Waals surface area contributed by atoms with Crippen LogP contribution in [0.5, 0.6) is 0 Å². The lowest BCUT2D eigenvalue weighted by Crippen LogP contribution is -2.51. The van der Waals surface area contributed by atoms with Crippen molar-refractivity contribution in [2.45, 2.75) is 19.4 Å². The molecule has 0 bridgehead atoms. The van der Waals surface area contributed by atoms with Crippen LogP contribution in [-0.4, -0.2) is 36.1 Å². The number of nitrogens with one attached hydrogen (secondary N) is 1. The molecule has 1 aliphatic rings. The van der Waals surface area contributed by atoms with E-state index in [4.69, 9.17) is 0 Å². The van der Waals surface area contributed by atoms with E-state index in [0.29, 0.717) is 0 Å². The van der Waals surface area contributed by atoms with Gasteiger partial charge in [0, 0.05) is 43.3 Å². The molecule has 0 amide bonds. The standard InChI is InChI=1S/C16H21N3/c1-16(2,19-9-7-17-8-10-19)14-11-13-5-3-4-6-15(13)18-12-14/h3-6,11-12,17H,7-10H2,1-2H3. The predicted molar refractivity (Wildman–Crippen MR) is 79.2 cm³/mol. The first kappa shape index (κ1) is 12.6. The average Bonchev–Trinajstić information content (AvgIpc) is 2.47. The fourth-order valence-corrected chi connectivity index (χ4v) is 2.81. The Morgan fingerprint density at radius 2 is 1.89 bits per heavy atom. The van der Waals surface area contributed by atoms with Crippen LogP contribution in [0.2, 0.25) is 0 Å². The van der Waals surface area contributed by atoms with Crippen molar-refractivity contribution in [3.05, 3.63) is 42.1 Å². The Bertz CT molecular complexity index is 571. The largest absolute Gasteiger partial charge is 0.314 e. The summed E-state index contributed by atoms with van der Waals surface area (Å²) >= 11 is 0. The maximum atomic E-state index is 4.60. The maximum Gasteiger partial charge on any atom is 0.0702 e. The molecule has 0 saturated carbocycles. The highest BCUT2D eigenvalue weighted by molar-refractivity contribution is 5.78. The normalized spacial score (nSPS) is 17.8. The topological polar surface area (TPSA) is 28.2 Å².